The highest BCUT2D eigenvalue weighted by Gasteiger charge is 2.50. The third-order valence-corrected chi connectivity index (χ3v) is 20.4. The highest BCUT2D eigenvalue weighted by Crippen LogP contribution is 2.49. The first-order valence-corrected chi connectivity index (χ1v) is 36.8. The number of ether oxygens (including phenoxy) is 5. The van der Waals surface area contributed by atoms with Crippen LogP contribution in [0.4, 0.5) is 21.9 Å². The SMILES string of the molecule is CO[C@H]1/C=C/O[C@@]2(C)Oc3c(C)c(=O)c4c(O)c(c5oc6cc(N7CCN(CC(C)C)CC7)cc(OCc7ccc(NC(=O)[C@H](CCCNC(N)=O)NC(=O)[C@@H](NC(=O)CCCCCN8C(=O)C=CC8=O)C(C)C)cc7)c6nc5c4c3C2=O)NC(=O)/C(C)=C\C=C\[C@H](C)[C@H](O)[C@@H](C)[C@@H](O)[C@@H](C)[C@H](OC(C)=O)[C@@H]1C. The van der Waals surface area contributed by atoms with Gasteiger partial charge in [0, 0.05) is 149 Å². The predicted molar refractivity (Wildman–Crippen MR) is 405 cm³/mol. The van der Waals surface area contributed by atoms with Crippen LogP contribution in [0.1, 0.15) is 136 Å². The molecule has 4 aliphatic heterocycles. The zero-order valence-electron chi connectivity index (χ0n) is 63.6. The third-order valence-electron chi connectivity index (χ3n) is 20.4. The molecule has 0 unspecified atom stereocenters. The van der Waals surface area contributed by atoms with Crippen LogP contribution in [0.2, 0.25) is 0 Å². The van der Waals surface area contributed by atoms with Gasteiger partial charge in [-0.2, -0.15) is 0 Å². The molecule has 0 spiro atoms. The fraction of sp³-hybridized carbons (Fsp3) is 0.506. The van der Waals surface area contributed by atoms with Crippen molar-refractivity contribution in [2.24, 2.45) is 41.2 Å². The number of aliphatic hydroxyl groups excluding tert-OH is 2. The van der Waals surface area contributed by atoms with Gasteiger partial charge in [0.25, 0.3) is 23.5 Å². The van der Waals surface area contributed by atoms with Gasteiger partial charge in [-0.15, -0.1) is 0 Å². The van der Waals surface area contributed by atoms with Crippen LogP contribution in [0.5, 0.6) is 17.2 Å². The lowest BCUT2D eigenvalue weighted by molar-refractivity contribution is -0.160. The summed E-state index contributed by atoms with van der Waals surface area (Å²) in [6.45, 7) is 23.9. The molecule has 11 atom stereocenters. The summed E-state index contributed by atoms with van der Waals surface area (Å²) in [6, 6.07) is 7.30. The number of nitrogens with zero attached hydrogens (tertiary/aromatic N) is 4. The Labute approximate surface area is 627 Å². The number of aromatic hydroxyl groups is 1. The summed E-state index contributed by atoms with van der Waals surface area (Å²) < 4.78 is 38.1. The van der Waals surface area contributed by atoms with Crippen molar-refractivity contribution in [2.45, 2.75) is 171 Å². The monoisotopic (exact) mass is 1490 g/mol. The average Bonchev–Trinajstić information content (AvgIpc) is 1.23. The third kappa shape index (κ3) is 19.0. The van der Waals surface area contributed by atoms with Crippen molar-refractivity contribution in [3.8, 4) is 17.2 Å². The number of primary amides is 1. The second kappa shape index (κ2) is 35.7. The fourth-order valence-corrected chi connectivity index (χ4v) is 14.2. The predicted octanol–water partition coefficient (Wildman–Crippen LogP) is 7.85. The number of methoxy groups -OCH3 is 1. The molecule has 1 fully saturated rings. The number of esters is 1. The van der Waals surface area contributed by atoms with Crippen LogP contribution < -0.4 is 52.1 Å². The molecule has 5 aromatic rings. The van der Waals surface area contributed by atoms with Crippen molar-refractivity contribution in [2.75, 3.05) is 68.5 Å². The number of benzene rings is 4. The lowest BCUT2D eigenvalue weighted by Gasteiger charge is -2.38. The summed E-state index contributed by atoms with van der Waals surface area (Å²) in [5.74, 6) is -10.3. The number of Topliss-reactive ketones (excluding diaryl/α,β-unsaturated/α-hetero) is 1. The number of amides is 8. The maximum absolute atomic E-state index is 15.4. The van der Waals surface area contributed by atoms with Crippen molar-refractivity contribution >= 4 is 103 Å². The van der Waals surface area contributed by atoms with E-state index in [2.05, 4.69) is 50.2 Å². The van der Waals surface area contributed by atoms with Crippen molar-refractivity contribution in [1.29, 1.82) is 0 Å². The Morgan fingerprint density at radius 2 is 1.53 bits per heavy atom. The second-order valence-electron chi connectivity index (χ2n) is 29.4. The van der Waals surface area contributed by atoms with Gasteiger partial charge < -0.3 is 80.6 Å². The number of phenols is 1. The number of aromatic nitrogens is 1. The molecule has 1 saturated heterocycles. The molecule has 0 radical (unpaired) electrons. The van der Waals surface area contributed by atoms with E-state index in [-0.39, 0.29) is 112 Å². The zero-order chi connectivity index (χ0) is 78.7. The molecule has 108 heavy (non-hydrogen) atoms. The lowest BCUT2D eigenvalue weighted by Crippen LogP contribution is -2.54. The molecule has 29 nitrogen and oxygen atoms in total. The number of allylic oxidation sites excluding steroid dienone is 2. The van der Waals surface area contributed by atoms with E-state index in [1.54, 1.807) is 90.1 Å². The first-order chi connectivity index (χ1) is 51.2. The van der Waals surface area contributed by atoms with E-state index in [1.165, 1.54) is 65.4 Å². The fourth-order valence-electron chi connectivity index (χ4n) is 14.2. The number of rotatable bonds is 24. The van der Waals surface area contributed by atoms with Gasteiger partial charge in [-0.1, -0.05) is 92.2 Å². The smallest absolute Gasteiger partial charge is 0.312 e. The quantitative estimate of drug-likeness (QED) is 0.00708. The maximum atomic E-state index is 15.4. The van der Waals surface area contributed by atoms with E-state index in [0.717, 1.165) is 24.5 Å². The molecule has 582 valence electrons. The number of unbranched alkanes of at least 4 members (excludes halogenated alkanes) is 2. The van der Waals surface area contributed by atoms with Crippen LogP contribution in [0.3, 0.4) is 0 Å². The first kappa shape index (κ1) is 81.8. The number of nitrogens with two attached hydrogens (primary N) is 1. The normalized spacial score (nSPS) is 24.0. The number of piperazine rings is 1. The van der Waals surface area contributed by atoms with E-state index >= 15 is 9.59 Å². The number of phenolic OH excluding ortho intramolecular Hbond substituents is 1. The van der Waals surface area contributed by atoms with Gasteiger partial charge >= 0.3 is 17.8 Å². The van der Waals surface area contributed by atoms with Crippen LogP contribution in [0, 0.1) is 42.4 Å². The lowest BCUT2D eigenvalue weighted by atomic mass is 9.78. The van der Waals surface area contributed by atoms with Gasteiger partial charge in [-0.05, 0) is 75.1 Å². The molecule has 4 aliphatic rings. The van der Waals surface area contributed by atoms with Gasteiger partial charge in [0.2, 0.25) is 17.7 Å². The Morgan fingerprint density at radius 1 is 0.833 bits per heavy atom. The second-order valence-corrected chi connectivity index (χ2v) is 29.4. The number of ketones is 1. The highest BCUT2D eigenvalue weighted by atomic mass is 16.7. The molecule has 0 aliphatic carbocycles. The molecule has 29 heteroatoms. The van der Waals surface area contributed by atoms with Crippen LogP contribution in [-0.2, 0) is 54.4 Å². The Hall–Kier alpha value is -10.2. The van der Waals surface area contributed by atoms with Crippen molar-refractivity contribution in [1.82, 2.24) is 30.7 Å². The minimum atomic E-state index is -2.19. The maximum Gasteiger partial charge on any atom is 0.312 e. The molecule has 9 rings (SSSR count). The molecule has 8 amide bonds. The number of anilines is 3. The average molecular weight is 1500 g/mol. The van der Waals surface area contributed by atoms with Crippen LogP contribution >= 0.6 is 0 Å². The van der Waals surface area contributed by atoms with E-state index in [0.29, 0.717) is 55.2 Å². The van der Waals surface area contributed by atoms with Gasteiger partial charge in [0.15, 0.2) is 28.1 Å². The van der Waals surface area contributed by atoms with E-state index in [1.807, 2.05) is 0 Å². The molecule has 4 aromatic carbocycles. The molecule has 4 bridgehead atoms. The number of hydrogen-bond donors (Lipinski definition) is 9. The zero-order valence-corrected chi connectivity index (χ0v) is 63.6. The Morgan fingerprint density at radius 3 is 2.18 bits per heavy atom. The number of fused-ring (bicyclic) bond motifs is 2. The Balaban J connectivity index is 1.07. The van der Waals surface area contributed by atoms with E-state index in [9.17, 15) is 53.7 Å². The van der Waals surface area contributed by atoms with Gasteiger partial charge in [-0.25, -0.2) is 9.78 Å². The highest BCUT2D eigenvalue weighted by molar-refractivity contribution is 6.26. The summed E-state index contributed by atoms with van der Waals surface area (Å²) in [6.07, 6.45) is 7.42. The van der Waals surface area contributed by atoms with E-state index < -0.39 is 130 Å². The number of urea groups is 1. The molecular formula is C79H102N10O19. The van der Waals surface area contributed by atoms with Crippen LogP contribution in [0.15, 0.2) is 93.9 Å². The number of carbonyl (C=O) groups is 9. The van der Waals surface area contributed by atoms with Gasteiger partial charge in [-0.3, -0.25) is 53.0 Å². The van der Waals surface area contributed by atoms with Gasteiger partial charge in [0.05, 0.1) is 35.5 Å². The molecular weight excluding hydrogens is 1390 g/mol. The summed E-state index contributed by atoms with van der Waals surface area (Å²) >= 11 is 0. The summed E-state index contributed by atoms with van der Waals surface area (Å²) in [7, 11) is 1.42. The largest absolute Gasteiger partial charge is 0.505 e. The standard InChI is InChI=1S/C79H102N10O19/c1-41(2)39-87-32-34-88(35-33-87)52-37-55(104-40-50-23-25-51(26-24-50)82-76(100)53(21-18-30-81-78(80)102)83-77(101)63(42(3)4)84-57(91)22-15-14-16-31-89-58(92)27-28-59(89)93)64-56(38-52)107-73-65(85-64)60-61-69(96)48(10)72-62(60)74(98)79(12,108-72)105-36-29-54(103-13)45(7)71(106-49(11)90)47(9)68(95)46(8)67(94)43(5)19-17-20-44(6)75(99)86-66(73)70(61)97/h17,19-20,23-29,36-38,41-43,45-47,53-54,63,67-68,71,94-95,97H,14-16,18,21-22,30-35,39-40H2,1-13H3,(H,82,100)(H,83,101)(H,84,91)(H,86,99)(H3,80,81,102)/b19-17+,36-29+,44-20-/t43-,45+,46+,47+,53-,54-,63-,67-,68+,71+,79-/m0/s1. The Kier molecular flexibility index (Phi) is 27.0. The van der Waals surface area contributed by atoms with E-state index in [4.69, 9.17) is 38.8 Å². The molecule has 0 saturated carbocycles. The summed E-state index contributed by atoms with van der Waals surface area (Å²) in [5.41, 5.74) is 5.39. The minimum absolute atomic E-state index is 0.0604. The van der Waals surface area contributed by atoms with Crippen molar-refractivity contribution in [3.63, 3.8) is 0 Å². The number of aliphatic hydroxyl groups is 2. The number of hydrogen-bond acceptors (Lipinski definition) is 22. The Bertz CT molecular complexity index is 4410. The van der Waals surface area contributed by atoms with Gasteiger partial charge in [0.1, 0.15) is 47.3 Å². The number of nitrogens with one attached hydrogen (secondary N) is 5. The van der Waals surface area contributed by atoms with Crippen molar-refractivity contribution in [3.05, 3.63) is 112 Å². The van der Waals surface area contributed by atoms with Crippen LogP contribution in [-0.4, -0.2) is 179 Å². The molecule has 10 N–H and O–H groups in total. The van der Waals surface area contributed by atoms with Crippen molar-refractivity contribution < 1.29 is 86.6 Å². The topological polar surface area (TPSA) is 399 Å². The molecule has 5 heterocycles. The van der Waals surface area contributed by atoms with Crippen LogP contribution in [0.25, 0.3) is 33.0 Å². The summed E-state index contributed by atoms with van der Waals surface area (Å²) in [4.78, 5) is 146. The number of carbonyl (C=O) groups excluding carboxylic acids is 9. The number of imide groups is 1. The minimum Gasteiger partial charge on any atom is -0.505 e. The first-order valence-electron chi connectivity index (χ1n) is 36.8. The molecule has 1 aromatic heterocycles. The summed E-state index contributed by atoms with van der Waals surface area (Å²) in [5, 5.41) is 49.3.